The predicted molar refractivity (Wildman–Crippen MR) is 105 cm³/mol. The molecule has 0 bridgehead atoms. The first-order valence-corrected chi connectivity index (χ1v) is 10.2. The van der Waals surface area contributed by atoms with Crippen LogP contribution in [0.1, 0.15) is 38.0 Å². The molecule has 2 aromatic rings. The van der Waals surface area contributed by atoms with E-state index in [4.69, 9.17) is 4.42 Å². The van der Waals surface area contributed by atoms with Crippen molar-refractivity contribution in [3.8, 4) is 11.5 Å². The quantitative estimate of drug-likeness (QED) is 0.562. The van der Waals surface area contributed by atoms with Gasteiger partial charge in [0.1, 0.15) is 0 Å². The number of nitro groups is 1. The van der Waals surface area contributed by atoms with E-state index in [2.05, 4.69) is 15.1 Å². The number of non-ortho nitro benzene ring substituents is 1. The minimum atomic E-state index is -0.442. The van der Waals surface area contributed by atoms with E-state index in [1.165, 1.54) is 18.6 Å². The summed E-state index contributed by atoms with van der Waals surface area (Å²) in [5.74, 6) is 1.31. The Balaban J connectivity index is 1.30. The van der Waals surface area contributed by atoms with E-state index < -0.39 is 4.92 Å². The zero-order valence-electron chi connectivity index (χ0n) is 16.3. The molecule has 1 aromatic carbocycles. The second-order valence-corrected chi connectivity index (χ2v) is 7.74. The van der Waals surface area contributed by atoms with Crippen LogP contribution >= 0.6 is 0 Å². The molecular formula is C20H25N5O4. The van der Waals surface area contributed by atoms with Crippen molar-refractivity contribution in [3.05, 3.63) is 40.3 Å². The number of benzene rings is 1. The van der Waals surface area contributed by atoms with Crippen LogP contribution in [0.15, 0.2) is 28.7 Å². The van der Waals surface area contributed by atoms with Gasteiger partial charge in [-0.2, -0.15) is 0 Å². The van der Waals surface area contributed by atoms with Crippen LogP contribution in [-0.2, 0) is 11.3 Å². The number of nitrogens with zero attached hydrogens (tertiary/aromatic N) is 5. The van der Waals surface area contributed by atoms with Crippen molar-refractivity contribution in [2.75, 3.05) is 26.2 Å². The maximum absolute atomic E-state index is 12.7. The zero-order chi connectivity index (χ0) is 20.2. The van der Waals surface area contributed by atoms with Gasteiger partial charge in [0, 0.05) is 36.7 Å². The third kappa shape index (κ3) is 4.61. The molecule has 0 unspecified atom stereocenters. The molecule has 2 aliphatic heterocycles. The first kappa shape index (κ1) is 19.5. The smallest absolute Gasteiger partial charge is 0.269 e. The third-order valence-corrected chi connectivity index (χ3v) is 5.76. The largest absolute Gasteiger partial charge is 0.419 e. The van der Waals surface area contributed by atoms with Gasteiger partial charge in [-0.05, 0) is 57.3 Å². The van der Waals surface area contributed by atoms with Gasteiger partial charge in [0.05, 0.1) is 11.5 Å². The van der Waals surface area contributed by atoms with Crippen LogP contribution in [0.2, 0.25) is 0 Å². The fourth-order valence-electron chi connectivity index (χ4n) is 4.06. The van der Waals surface area contributed by atoms with Gasteiger partial charge < -0.3 is 9.32 Å². The highest BCUT2D eigenvalue weighted by Gasteiger charge is 2.29. The summed E-state index contributed by atoms with van der Waals surface area (Å²) in [4.78, 5) is 27.3. The van der Waals surface area contributed by atoms with Gasteiger partial charge in [0.25, 0.3) is 5.69 Å². The Bertz CT molecular complexity index is 852. The molecule has 0 saturated carbocycles. The molecule has 2 saturated heterocycles. The summed E-state index contributed by atoms with van der Waals surface area (Å²) in [7, 11) is 0. The molecule has 0 radical (unpaired) electrons. The maximum Gasteiger partial charge on any atom is 0.269 e. The first-order chi connectivity index (χ1) is 14.1. The van der Waals surface area contributed by atoms with Crippen LogP contribution < -0.4 is 0 Å². The summed E-state index contributed by atoms with van der Waals surface area (Å²) in [6.07, 6.45) is 5.20. The molecule has 9 heteroatoms. The number of rotatable bonds is 5. The number of piperidine rings is 2. The van der Waals surface area contributed by atoms with Crippen molar-refractivity contribution < 1.29 is 14.1 Å². The Morgan fingerprint density at radius 2 is 1.76 bits per heavy atom. The average molecular weight is 399 g/mol. The second kappa shape index (κ2) is 8.69. The molecule has 2 aliphatic rings. The lowest BCUT2D eigenvalue weighted by Crippen LogP contribution is -2.44. The number of carbonyl (C=O) groups excluding carboxylic acids is 1. The van der Waals surface area contributed by atoms with E-state index in [9.17, 15) is 14.9 Å². The minimum Gasteiger partial charge on any atom is -0.419 e. The van der Waals surface area contributed by atoms with Gasteiger partial charge in [0.2, 0.25) is 17.7 Å². The normalized spacial score (nSPS) is 18.7. The highest BCUT2D eigenvalue weighted by atomic mass is 16.6. The maximum atomic E-state index is 12.7. The molecule has 4 rings (SSSR count). The van der Waals surface area contributed by atoms with Gasteiger partial charge in [-0.25, -0.2) is 0 Å². The number of hydrogen-bond acceptors (Lipinski definition) is 7. The molecule has 2 fully saturated rings. The number of aromatic nitrogens is 2. The zero-order valence-corrected chi connectivity index (χ0v) is 16.3. The lowest BCUT2D eigenvalue weighted by atomic mass is 9.94. The number of hydrogen-bond donors (Lipinski definition) is 0. The number of carbonyl (C=O) groups is 1. The standard InChI is InChI=1S/C20H25N5O4/c26-20(24-10-2-1-3-11-24)16-8-12-23(13-9-16)14-18-21-22-19(29-18)15-4-6-17(7-5-15)25(27)28/h4-7,16H,1-3,8-14H2. The molecule has 154 valence electrons. The second-order valence-electron chi connectivity index (χ2n) is 7.74. The Labute approximate surface area is 168 Å². The molecule has 29 heavy (non-hydrogen) atoms. The Morgan fingerprint density at radius 1 is 1.07 bits per heavy atom. The van der Waals surface area contributed by atoms with E-state index in [1.807, 2.05) is 4.90 Å². The van der Waals surface area contributed by atoms with Gasteiger partial charge in [-0.3, -0.25) is 19.8 Å². The van der Waals surface area contributed by atoms with Crippen LogP contribution in [0.4, 0.5) is 5.69 Å². The highest BCUT2D eigenvalue weighted by Crippen LogP contribution is 2.24. The van der Waals surface area contributed by atoms with E-state index >= 15 is 0 Å². The summed E-state index contributed by atoms with van der Waals surface area (Å²) in [6, 6.07) is 6.05. The fourth-order valence-corrected chi connectivity index (χ4v) is 4.06. The fraction of sp³-hybridized carbons (Fsp3) is 0.550. The number of nitro benzene ring substituents is 1. The highest BCUT2D eigenvalue weighted by molar-refractivity contribution is 5.79. The van der Waals surface area contributed by atoms with Crippen molar-refractivity contribution in [2.45, 2.75) is 38.6 Å². The Morgan fingerprint density at radius 3 is 2.41 bits per heavy atom. The van der Waals surface area contributed by atoms with Crippen LogP contribution in [-0.4, -0.2) is 57.0 Å². The van der Waals surface area contributed by atoms with Crippen LogP contribution in [0.5, 0.6) is 0 Å². The first-order valence-electron chi connectivity index (χ1n) is 10.2. The minimum absolute atomic E-state index is 0.0236. The molecule has 1 amide bonds. The van der Waals surface area contributed by atoms with Gasteiger partial charge >= 0.3 is 0 Å². The van der Waals surface area contributed by atoms with Crippen molar-refractivity contribution >= 4 is 11.6 Å². The summed E-state index contributed by atoms with van der Waals surface area (Å²) in [6.45, 7) is 4.03. The molecule has 0 spiro atoms. The van der Waals surface area contributed by atoms with Crippen molar-refractivity contribution in [1.82, 2.24) is 20.0 Å². The van der Waals surface area contributed by atoms with Gasteiger partial charge in [0.15, 0.2) is 0 Å². The monoisotopic (exact) mass is 399 g/mol. The van der Waals surface area contributed by atoms with E-state index in [0.29, 0.717) is 29.8 Å². The van der Waals surface area contributed by atoms with Gasteiger partial charge in [-0.15, -0.1) is 10.2 Å². The average Bonchev–Trinajstić information content (AvgIpc) is 3.23. The van der Waals surface area contributed by atoms with Crippen LogP contribution in [0, 0.1) is 16.0 Å². The summed E-state index contributed by atoms with van der Waals surface area (Å²) in [5, 5.41) is 18.9. The number of likely N-dealkylation sites (tertiary alicyclic amines) is 2. The van der Waals surface area contributed by atoms with Crippen LogP contribution in [0.25, 0.3) is 11.5 Å². The summed E-state index contributed by atoms with van der Waals surface area (Å²) >= 11 is 0. The van der Waals surface area contributed by atoms with Crippen molar-refractivity contribution in [1.29, 1.82) is 0 Å². The Hall–Kier alpha value is -2.81. The van der Waals surface area contributed by atoms with E-state index in [-0.39, 0.29) is 11.6 Å². The van der Waals surface area contributed by atoms with Crippen molar-refractivity contribution in [3.63, 3.8) is 0 Å². The lowest BCUT2D eigenvalue weighted by Gasteiger charge is -2.35. The summed E-state index contributed by atoms with van der Waals surface area (Å²) < 4.78 is 5.73. The third-order valence-electron chi connectivity index (χ3n) is 5.76. The molecular weight excluding hydrogens is 374 g/mol. The molecule has 0 atom stereocenters. The molecule has 0 N–H and O–H groups in total. The molecule has 9 nitrogen and oxygen atoms in total. The SMILES string of the molecule is O=C(C1CCN(Cc2nnc(-c3ccc([N+](=O)[O-])cc3)o2)CC1)N1CCCCC1. The summed E-state index contributed by atoms with van der Waals surface area (Å²) in [5.41, 5.74) is 0.677. The van der Waals surface area contributed by atoms with E-state index in [1.54, 1.807) is 12.1 Å². The molecule has 3 heterocycles. The molecule has 1 aromatic heterocycles. The van der Waals surface area contributed by atoms with Crippen LogP contribution in [0.3, 0.4) is 0 Å². The number of amides is 1. The van der Waals surface area contributed by atoms with Crippen molar-refractivity contribution in [2.24, 2.45) is 5.92 Å². The predicted octanol–water partition coefficient (Wildman–Crippen LogP) is 2.87. The lowest BCUT2D eigenvalue weighted by molar-refractivity contribution is -0.384. The van der Waals surface area contributed by atoms with Gasteiger partial charge in [-0.1, -0.05) is 0 Å². The Kier molecular flexibility index (Phi) is 5.84. The molecule has 0 aliphatic carbocycles. The topological polar surface area (TPSA) is 106 Å². The van der Waals surface area contributed by atoms with E-state index in [0.717, 1.165) is 51.9 Å².